The Morgan fingerprint density at radius 1 is 1.04 bits per heavy atom. The second kappa shape index (κ2) is 8.56. The van der Waals surface area contributed by atoms with Crippen LogP contribution in [0.4, 0.5) is 0 Å². The molecule has 7 nitrogen and oxygen atoms in total. The van der Waals surface area contributed by atoms with E-state index in [0.29, 0.717) is 28.8 Å². The monoisotopic (exact) mass is 381 g/mol. The van der Waals surface area contributed by atoms with E-state index in [1.54, 1.807) is 38.5 Å². The number of nitrogens with zero attached hydrogens (tertiary/aromatic N) is 2. The summed E-state index contributed by atoms with van der Waals surface area (Å²) in [6.45, 7) is 3.96. The van der Waals surface area contributed by atoms with Crippen LogP contribution in [0.3, 0.4) is 0 Å². The third-order valence-electron chi connectivity index (χ3n) is 4.34. The lowest BCUT2D eigenvalue weighted by molar-refractivity contribution is 0.0914. The maximum absolute atomic E-state index is 12.5. The molecule has 1 heterocycles. The van der Waals surface area contributed by atoms with E-state index >= 15 is 0 Å². The fraction of sp³-hybridized carbons (Fsp3) is 0.286. The molecular formula is C21H23N3O4. The molecule has 1 atom stereocenters. The summed E-state index contributed by atoms with van der Waals surface area (Å²) in [5, 5.41) is 7.04. The summed E-state index contributed by atoms with van der Waals surface area (Å²) >= 11 is 0. The van der Waals surface area contributed by atoms with Gasteiger partial charge < -0.3 is 19.3 Å². The number of ether oxygens (including phenoxy) is 2. The average Bonchev–Trinajstić information content (AvgIpc) is 3.21. The minimum Gasteiger partial charge on any atom is -0.493 e. The van der Waals surface area contributed by atoms with Gasteiger partial charge in [0, 0.05) is 11.1 Å². The van der Waals surface area contributed by atoms with Crippen LogP contribution in [0, 0.1) is 5.92 Å². The van der Waals surface area contributed by atoms with Crippen LogP contribution in [0.15, 0.2) is 53.1 Å². The molecular weight excluding hydrogens is 358 g/mol. The molecule has 1 unspecified atom stereocenters. The smallest absolute Gasteiger partial charge is 0.251 e. The maximum atomic E-state index is 12.5. The van der Waals surface area contributed by atoms with Crippen LogP contribution in [0.25, 0.3) is 11.4 Å². The number of aromatic nitrogens is 2. The van der Waals surface area contributed by atoms with Crippen LogP contribution < -0.4 is 14.8 Å². The van der Waals surface area contributed by atoms with Gasteiger partial charge in [-0.05, 0) is 36.2 Å². The molecule has 2 aromatic carbocycles. The third-order valence-corrected chi connectivity index (χ3v) is 4.34. The third kappa shape index (κ3) is 4.14. The Labute approximate surface area is 163 Å². The van der Waals surface area contributed by atoms with Gasteiger partial charge in [0.25, 0.3) is 5.91 Å². The van der Waals surface area contributed by atoms with Gasteiger partial charge in [-0.1, -0.05) is 37.2 Å². The second-order valence-corrected chi connectivity index (χ2v) is 6.59. The number of rotatable bonds is 7. The van der Waals surface area contributed by atoms with E-state index < -0.39 is 6.04 Å². The zero-order valence-corrected chi connectivity index (χ0v) is 16.3. The lowest BCUT2D eigenvalue weighted by Crippen LogP contribution is -2.32. The van der Waals surface area contributed by atoms with Gasteiger partial charge in [0.05, 0.1) is 14.2 Å². The number of amides is 1. The highest BCUT2D eigenvalue weighted by atomic mass is 16.5. The summed E-state index contributed by atoms with van der Waals surface area (Å²) in [4.78, 5) is 17.0. The standard InChI is InChI=1S/C21H23N3O4/c1-13(2)18(22-20(25)14-8-6-5-7-9-14)21-23-19(24-28-21)15-10-11-16(26-3)17(12-15)27-4/h5-13,18H,1-4H3,(H,22,25). The quantitative estimate of drug-likeness (QED) is 0.668. The fourth-order valence-electron chi connectivity index (χ4n) is 2.78. The first kappa shape index (κ1) is 19.4. The zero-order chi connectivity index (χ0) is 20.1. The summed E-state index contributed by atoms with van der Waals surface area (Å²) in [7, 11) is 3.14. The summed E-state index contributed by atoms with van der Waals surface area (Å²) < 4.78 is 16.0. The van der Waals surface area contributed by atoms with Crippen LogP contribution in [-0.2, 0) is 0 Å². The second-order valence-electron chi connectivity index (χ2n) is 6.59. The minimum atomic E-state index is -0.408. The van der Waals surface area contributed by atoms with E-state index in [2.05, 4.69) is 15.5 Å². The van der Waals surface area contributed by atoms with Gasteiger partial charge in [0.2, 0.25) is 11.7 Å². The highest BCUT2D eigenvalue weighted by molar-refractivity contribution is 5.94. The highest BCUT2D eigenvalue weighted by Gasteiger charge is 2.25. The first-order valence-electron chi connectivity index (χ1n) is 8.95. The van der Waals surface area contributed by atoms with Crippen molar-refractivity contribution in [3.8, 4) is 22.9 Å². The first-order chi connectivity index (χ1) is 13.5. The van der Waals surface area contributed by atoms with E-state index in [1.165, 1.54) is 0 Å². The number of carbonyl (C=O) groups is 1. The normalized spacial score (nSPS) is 11.9. The zero-order valence-electron chi connectivity index (χ0n) is 16.3. The van der Waals surface area contributed by atoms with E-state index in [1.807, 2.05) is 38.1 Å². The van der Waals surface area contributed by atoms with Crippen LogP contribution in [0.2, 0.25) is 0 Å². The van der Waals surface area contributed by atoms with Crippen molar-refractivity contribution in [2.24, 2.45) is 5.92 Å². The summed E-state index contributed by atoms with van der Waals surface area (Å²) in [5.41, 5.74) is 1.30. The summed E-state index contributed by atoms with van der Waals surface area (Å²) in [6.07, 6.45) is 0. The van der Waals surface area contributed by atoms with Crippen molar-refractivity contribution in [1.82, 2.24) is 15.5 Å². The van der Waals surface area contributed by atoms with Gasteiger partial charge in [0.1, 0.15) is 6.04 Å². The number of hydrogen-bond acceptors (Lipinski definition) is 6. The van der Waals surface area contributed by atoms with Crippen molar-refractivity contribution in [2.75, 3.05) is 14.2 Å². The average molecular weight is 381 g/mol. The molecule has 1 amide bonds. The Bertz CT molecular complexity index is 938. The van der Waals surface area contributed by atoms with Gasteiger partial charge in [-0.3, -0.25) is 4.79 Å². The van der Waals surface area contributed by atoms with Crippen LogP contribution >= 0.6 is 0 Å². The predicted molar refractivity (Wildman–Crippen MR) is 104 cm³/mol. The Hall–Kier alpha value is -3.35. The maximum Gasteiger partial charge on any atom is 0.251 e. The van der Waals surface area contributed by atoms with Crippen LogP contribution in [0.5, 0.6) is 11.5 Å². The molecule has 3 aromatic rings. The lowest BCUT2D eigenvalue weighted by atomic mass is 10.0. The van der Waals surface area contributed by atoms with Gasteiger partial charge in [0.15, 0.2) is 11.5 Å². The fourth-order valence-corrected chi connectivity index (χ4v) is 2.78. The largest absolute Gasteiger partial charge is 0.493 e. The number of carbonyl (C=O) groups excluding carboxylic acids is 1. The number of benzene rings is 2. The van der Waals surface area contributed by atoms with Crippen LogP contribution in [0.1, 0.15) is 36.1 Å². The van der Waals surface area contributed by atoms with E-state index in [-0.39, 0.29) is 11.8 Å². The van der Waals surface area contributed by atoms with Crippen molar-refractivity contribution >= 4 is 5.91 Å². The molecule has 1 N–H and O–H groups in total. The number of methoxy groups -OCH3 is 2. The van der Waals surface area contributed by atoms with Crippen molar-refractivity contribution in [1.29, 1.82) is 0 Å². The SMILES string of the molecule is COc1ccc(-c2noc(C(NC(=O)c3ccccc3)C(C)C)n2)cc1OC. The molecule has 0 saturated heterocycles. The summed E-state index contributed by atoms with van der Waals surface area (Å²) in [6, 6.07) is 14.0. The molecule has 0 aliphatic heterocycles. The molecule has 0 saturated carbocycles. The Morgan fingerprint density at radius 2 is 1.75 bits per heavy atom. The lowest BCUT2D eigenvalue weighted by Gasteiger charge is -2.18. The Morgan fingerprint density at radius 3 is 2.39 bits per heavy atom. The Balaban J connectivity index is 1.85. The summed E-state index contributed by atoms with van der Waals surface area (Å²) in [5.74, 6) is 1.82. The molecule has 0 spiro atoms. The molecule has 1 aromatic heterocycles. The van der Waals surface area contributed by atoms with Crippen LogP contribution in [-0.4, -0.2) is 30.3 Å². The molecule has 7 heteroatoms. The topological polar surface area (TPSA) is 86.5 Å². The van der Waals surface area contributed by atoms with Gasteiger partial charge >= 0.3 is 0 Å². The van der Waals surface area contributed by atoms with E-state index in [0.717, 1.165) is 5.56 Å². The molecule has 3 rings (SSSR count). The van der Waals surface area contributed by atoms with Crippen molar-refractivity contribution in [2.45, 2.75) is 19.9 Å². The van der Waals surface area contributed by atoms with E-state index in [9.17, 15) is 4.79 Å². The van der Waals surface area contributed by atoms with Crippen molar-refractivity contribution in [3.63, 3.8) is 0 Å². The van der Waals surface area contributed by atoms with Gasteiger partial charge in [-0.2, -0.15) is 4.98 Å². The predicted octanol–water partition coefficient (Wildman–Crippen LogP) is 3.88. The van der Waals surface area contributed by atoms with E-state index in [4.69, 9.17) is 14.0 Å². The molecule has 0 aliphatic carbocycles. The molecule has 28 heavy (non-hydrogen) atoms. The first-order valence-corrected chi connectivity index (χ1v) is 8.95. The highest BCUT2D eigenvalue weighted by Crippen LogP contribution is 2.32. The Kier molecular flexibility index (Phi) is 5.93. The van der Waals surface area contributed by atoms with Crippen molar-refractivity contribution < 1.29 is 18.8 Å². The molecule has 146 valence electrons. The number of hydrogen-bond donors (Lipinski definition) is 1. The minimum absolute atomic E-state index is 0.0614. The molecule has 0 bridgehead atoms. The molecule has 0 radical (unpaired) electrons. The molecule has 0 aliphatic rings. The molecule has 0 fully saturated rings. The van der Waals surface area contributed by atoms with Gasteiger partial charge in [-0.15, -0.1) is 0 Å². The van der Waals surface area contributed by atoms with Crippen molar-refractivity contribution in [3.05, 3.63) is 60.0 Å². The number of nitrogens with one attached hydrogen (secondary N) is 1. The van der Waals surface area contributed by atoms with Gasteiger partial charge in [-0.25, -0.2) is 0 Å².